The summed E-state index contributed by atoms with van der Waals surface area (Å²) in [6.07, 6.45) is 4.36. The van der Waals surface area contributed by atoms with Gasteiger partial charge in [-0.15, -0.1) is 0 Å². The van der Waals surface area contributed by atoms with E-state index in [2.05, 4.69) is 27.8 Å². The van der Waals surface area contributed by atoms with Crippen molar-refractivity contribution < 1.29 is 18.8 Å². The predicted molar refractivity (Wildman–Crippen MR) is 130 cm³/mol. The van der Waals surface area contributed by atoms with Crippen molar-refractivity contribution in [2.75, 3.05) is 29.0 Å². The normalized spacial score (nSPS) is 20.2. The monoisotopic (exact) mass is 466 g/mol. The zero-order valence-electron chi connectivity index (χ0n) is 19.4. The molecule has 4 rings (SSSR count). The Balaban J connectivity index is 1.30. The number of para-hydroxylation sites is 1. The molecule has 2 atom stereocenters. The molecule has 2 unspecified atom stereocenters. The molecule has 8 heteroatoms. The molecule has 2 aliphatic rings. The quantitative estimate of drug-likeness (QED) is 0.571. The lowest BCUT2D eigenvalue weighted by molar-refractivity contribution is -0.121. The number of amides is 3. The van der Waals surface area contributed by atoms with Gasteiger partial charge in [-0.3, -0.25) is 19.3 Å². The van der Waals surface area contributed by atoms with Gasteiger partial charge in [0.1, 0.15) is 5.82 Å². The van der Waals surface area contributed by atoms with Gasteiger partial charge in [0.25, 0.3) is 0 Å². The third-order valence-corrected chi connectivity index (χ3v) is 6.64. The zero-order chi connectivity index (χ0) is 24.1. The Kier molecular flexibility index (Phi) is 7.57. The molecule has 3 N–H and O–H groups in total. The number of piperidine rings is 1. The maximum Gasteiger partial charge on any atom is 0.238 e. The SMILES string of the molecule is CC1CCCCN1CC(=O)Nc1ccc(F)c(NC(=O)CCC2Cc3ccccc3NC2=O)c1. The lowest BCUT2D eigenvalue weighted by atomic mass is 9.89. The van der Waals surface area contributed by atoms with Gasteiger partial charge in [0, 0.05) is 29.8 Å². The Hall–Kier alpha value is -3.26. The Bertz CT molecular complexity index is 1070. The molecule has 2 aromatic rings. The summed E-state index contributed by atoms with van der Waals surface area (Å²) >= 11 is 0. The molecule has 0 spiro atoms. The summed E-state index contributed by atoms with van der Waals surface area (Å²) in [6, 6.07) is 12.1. The van der Waals surface area contributed by atoms with Gasteiger partial charge in [-0.05, 0) is 69.0 Å². The third-order valence-electron chi connectivity index (χ3n) is 6.64. The van der Waals surface area contributed by atoms with E-state index in [1.165, 1.54) is 24.6 Å². The minimum atomic E-state index is -0.583. The van der Waals surface area contributed by atoms with Gasteiger partial charge in [-0.1, -0.05) is 24.6 Å². The molecule has 0 radical (unpaired) electrons. The molecule has 1 saturated heterocycles. The molecule has 1 fully saturated rings. The largest absolute Gasteiger partial charge is 0.326 e. The number of hydrogen-bond acceptors (Lipinski definition) is 4. The number of anilines is 3. The average Bonchev–Trinajstić information content (AvgIpc) is 2.81. The van der Waals surface area contributed by atoms with Crippen molar-refractivity contribution in [3.05, 3.63) is 53.8 Å². The van der Waals surface area contributed by atoms with Crippen molar-refractivity contribution in [2.45, 2.75) is 51.5 Å². The topological polar surface area (TPSA) is 90.5 Å². The van der Waals surface area contributed by atoms with Crippen LogP contribution in [0.15, 0.2) is 42.5 Å². The maximum absolute atomic E-state index is 14.3. The molecule has 2 aliphatic heterocycles. The molecule has 2 aromatic carbocycles. The van der Waals surface area contributed by atoms with Crippen LogP contribution in [0, 0.1) is 11.7 Å². The first-order valence-corrected chi connectivity index (χ1v) is 11.9. The van der Waals surface area contributed by atoms with Crippen LogP contribution in [0.1, 0.15) is 44.6 Å². The molecular weight excluding hydrogens is 435 g/mol. The zero-order valence-corrected chi connectivity index (χ0v) is 19.4. The van der Waals surface area contributed by atoms with E-state index >= 15 is 0 Å². The summed E-state index contributed by atoms with van der Waals surface area (Å²) in [5, 5.41) is 8.25. The summed E-state index contributed by atoms with van der Waals surface area (Å²) < 4.78 is 14.3. The molecule has 3 amide bonds. The summed E-state index contributed by atoms with van der Waals surface area (Å²) in [5.74, 6) is -1.54. The van der Waals surface area contributed by atoms with E-state index in [4.69, 9.17) is 0 Å². The molecule has 34 heavy (non-hydrogen) atoms. The number of carbonyl (C=O) groups excluding carboxylic acids is 3. The van der Waals surface area contributed by atoms with Crippen LogP contribution in [0.5, 0.6) is 0 Å². The Labute approximate surface area is 199 Å². The van der Waals surface area contributed by atoms with Crippen molar-refractivity contribution in [3.8, 4) is 0 Å². The van der Waals surface area contributed by atoms with Gasteiger partial charge >= 0.3 is 0 Å². The summed E-state index contributed by atoms with van der Waals surface area (Å²) in [4.78, 5) is 39.4. The van der Waals surface area contributed by atoms with Crippen LogP contribution in [-0.2, 0) is 20.8 Å². The highest BCUT2D eigenvalue weighted by Gasteiger charge is 2.26. The molecule has 7 nitrogen and oxygen atoms in total. The van der Waals surface area contributed by atoms with Gasteiger partial charge in [0.2, 0.25) is 17.7 Å². The fraction of sp³-hybridized carbons (Fsp3) is 0.423. The summed E-state index contributed by atoms with van der Waals surface area (Å²) in [5.41, 5.74) is 2.28. The second kappa shape index (κ2) is 10.8. The van der Waals surface area contributed by atoms with E-state index in [9.17, 15) is 18.8 Å². The maximum atomic E-state index is 14.3. The third kappa shape index (κ3) is 5.99. The van der Waals surface area contributed by atoms with E-state index in [0.29, 0.717) is 24.6 Å². The van der Waals surface area contributed by atoms with Crippen molar-refractivity contribution in [1.82, 2.24) is 4.90 Å². The second-order valence-corrected chi connectivity index (χ2v) is 9.19. The minimum absolute atomic E-state index is 0.00702. The number of hydrogen-bond donors (Lipinski definition) is 3. The van der Waals surface area contributed by atoms with Gasteiger partial charge in [-0.2, -0.15) is 0 Å². The van der Waals surface area contributed by atoms with Crippen molar-refractivity contribution in [1.29, 1.82) is 0 Å². The van der Waals surface area contributed by atoms with E-state index in [0.717, 1.165) is 30.6 Å². The number of nitrogens with zero attached hydrogens (tertiary/aromatic N) is 1. The van der Waals surface area contributed by atoms with Crippen LogP contribution in [0.25, 0.3) is 0 Å². The summed E-state index contributed by atoms with van der Waals surface area (Å²) in [6.45, 7) is 3.30. The highest BCUT2D eigenvalue weighted by Crippen LogP contribution is 2.28. The van der Waals surface area contributed by atoms with E-state index < -0.39 is 5.82 Å². The van der Waals surface area contributed by atoms with Crippen molar-refractivity contribution in [3.63, 3.8) is 0 Å². The Morgan fingerprint density at radius 3 is 2.76 bits per heavy atom. The standard InChI is InChI=1S/C26H31FN4O3/c1-17-6-4-5-13-31(17)16-25(33)28-20-10-11-21(27)23(15-20)29-24(32)12-9-19-14-18-7-2-3-8-22(18)30-26(19)34/h2-3,7-8,10-11,15,17,19H,4-6,9,12-14,16H2,1H3,(H,28,33)(H,29,32)(H,30,34). The van der Waals surface area contributed by atoms with Crippen LogP contribution in [0.4, 0.5) is 21.5 Å². The predicted octanol–water partition coefficient (Wildman–Crippen LogP) is 4.17. The molecule has 0 aromatic heterocycles. The highest BCUT2D eigenvalue weighted by atomic mass is 19.1. The van der Waals surface area contributed by atoms with Crippen molar-refractivity contribution >= 4 is 34.8 Å². The Morgan fingerprint density at radius 2 is 1.94 bits per heavy atom. The molecule has 0 saturated carbocycles. The number of fused-ring (bicyclic) bond motifs is 1. The van der Waals surface area contributed by atoms with E-state index in [-0.39, 0.29) is 42.3 Å². The number of halogens is 1. The number of benzene rings is 2. The van der Waals surface area contributed by atoms with Crippen LogP contribution in [-0.4, -0.2) is 41.8 Å². The minimum Gasteiger partial charge on any atom is -0.326 e. The fourth-order valence-electron chi connectivity index (χ4n) is 4.64. The number of likely N-dealkylation sites (tertiary alicyclic amines) is 1. The first kappa shape index (κ1) is 23.9. The lowest BCUT2D eigenvalue weighted by Crippen LogP contribution is -2.42. The van der Waals surface area contributed by atoms with Crippen LogP contribution in [0.3, 0.4) is 0 Å². The van der Waals surface area contributed by atoms with Crippen LogP contribution >= 0.6 is 0 Å². The van der Waals surface area contributed by atoms with Gasteiger partial charge in [0.05, 0.1) is 12.2 Å². The van der Waals surface area contributed by atoms with Crippen LogP contribution in [0.2, 0.25) is 0 Å². The van der Waals surface area contributed by atoms with E-state index in [1.54, 1.807) is 0 Å². The average molecular weight is 467 g/mol. The molecule has 0 aliphatic carbocycles. The number of rotatable bonds is 7. The number of nitrogens with one attached hydrogen (secondary N) is 3. The van der Waals surface area contributed by atoms with Gasteiger partial charge in [0.15, 0.2) is 0 Å². The second-order valence-electron chi connectivity index (χ2n) is 9.19. The highest BCUT2D eigenvalue weighted by molar-refractivity contribution is 5.97. The van der Waals surface area contributed by atoms with Gasteiger partial charge < -0.3 is 16.0 Å². The molecule has 2 heterocycles. The van der Waals surface area contributed by atoms with E-state index in [1.807, 2.05) is 24.3 Å². The van der Waals surface area contributed by atoms with Crippen molar-refractivity contribution in [2.24, 2.45) is 5.92 Å². The van der Waals surface area contributed by atoms with Crippen LogP contribution < -0.4 is 16.0 Å². The first-order chi connectivity index (χ1) is 16.4. The first-order valence-electron chi connectivity index (χ1n) is 11.9. The molecule has 180 valence electrons. The molecular formula is C26H31FN4O3. The fourth-order valence-corrected chi connectivity index (χ4v) is 4.64. The Morgan fingerprint density at radius 1 is 1.12 bits per heavy atom. The summed E-state index contributed by atoms with van der Waals surface area (Å²) in [7, 11) is 0. The van der Waals surface area contributed by atoms with Gasteiger partial charge in [-0.25, -0.2) is 4.39 Å². The smallest absolute Gasteiger partial charge is 0.238 e. The molecule has 0 bridgehead atoms. The lowest BCUT2D eigenvalue weighted by Gasteiger charge is -2.32. The number of carbonyl (C=O) groups is 3.